The average Bonchev–Trinajstić information content (AvgIpc) is 2.85. The zero-order chi connectivity index (χ0) is 16.8. The molecule has 2 N–H and O–H groups in total. The number of aliphatic imine (C=N–C) groups is 1. The molecular weight excluding hydrogens is 431 g/mol. The average molecular weight is 460 g/mol. The van der Waals surface area contributed by atoms with Crippen molar-refractivity contribution in [3.8, 4) is 11.5 Å². The van der Waals surface area contributed by atoms with Gasteiger partial charge in [0.2, 0.25) is 0 Å². The summed E-state index contributed by atoms with van der Waals surface area (Å²) < 4.78 is 11.4. The molecule has 0 spiro atoms. The number of fused-ring (bicyclic) bond motifs is 1. The van der Waals surface area contributed by atoms with E-state index in [9.17, 15) is 0 Å². The fraction of sp³-hybridized carbons (Fsp3) is 0.611. The van der Waals surface area contributed by atoms with Gasteiger partial charge in [-0.3, -0.25) is 4.99 Å². The molecule has 2 aliphatic heterocycles. The molecule has 0 aliphatic carbocycles. The fourth-order valence-electron chi connectivity index (χ4n) is 3.09. The number of halogens is 1. The fourth-order valence-corrected chi connectivity index (χ4v) is 3.09. The van der Waals surface area contributed by atoms with Crippen LogP contribution in [-0.2, 0) is 0 Å². The van der Waals surface area contributed by atoms with E-state index < -0.39 is 0 Å². The largest absolute Gasteiger partial charge is 0.490 e. The van der Waals surface area contributed by atoms with Gasteiger partial charge >= 0.3 is 0 Å². The molecule has 1 aromatic rings. The van der Waals surface area contributed by atoms with Crippen molar-refractivity contribution < 1.29 is 9.47 Å². The first-order valence-electron chi connectivity index (χ1n) is 8.91. The maximum atomic E-state index is 5.75. The maximum Gasteiger partial charge on any atom is 0.195 e. The Hall–Kier alpha value is -1.22. The van der Waals surface area contributed by atoms with Gasteiger partial charge in [-0.25, -0.2) is 0 Å². The lowest BCUT2D eigenvalue weighted by molar-refractivity contribution is 0.297. The Bertz CT molecular complexity index is 582. The Labute approximate surface area is 167 Å². The second kappa shape index (κ2) is 10.1. The summed E-state index contributed by atoms with van der Waals surface area (Å²) >= 11 is 0. The molecule has 140 valence electrons. The van der Waals surface area contributed by atoms with E-state index in [4.69, 9.17) is 14.5 Å². The lowest BCUT2D eigenvalue weighted by Crippen LogP contribution is -2.33. The summed E-state index contributed by atoms with van der Waals surface area (Å²) in [5, 5.41) is 6.68. The minimum Gasteiger partial charge on any atom is -0.490 e. The first kappa shape index (κ1) is 20.1. The van der Waals surface area contributed by atoms with Crippen LogP contribution in [0.2, 0.25) is 0 Å². The monoisotopic (exact) mass is 460 g/mol. The van der Waals surface area contributed by atoms with E-state index in [0.29, 0.717) is 19.3 Å². The number of benzene rings is 1. The SMILES string of the molecule is CCNC(=NCC1CCCN1C)Nc1ccc2c(c1)OCCCO2.I. The Morgan fingerprint density at radius 1 is 1.24 bits per heavy atom. The van der Waals surface area contributed by atoms with Crippen LogP contribution in [0.4, 0.5) is 5.69 Å². The van der Waals surface area contributed by atoms with Crippen LogP contribution in [0.5, 0.6) is 11.5 Å². The number of ether oxygens (including phenoxy) is 2. The third-order valence-electron chi connectivity index (χ3n) is 4.49. The molecule has 1 unspecified atom stereocenters. The molecule has 1 saturated heterocycles. The molecule has 1 atom stereocenters. The van der Waals surface area contributed by atoms with Gasteiger partial charge in [-0.2, -0.15) is 0 Å². The number of hydrogen-bond acceptors (Lipinski definition) is 4. The van der Waals surface area contributed by atoms with Crippen LogP contribution in [0.15, 0.2) is 23.2 Å². The Kier molecular flexibility index (Phi) is 8.08. The van der Waals surface area contributed by atoms with Gasteiger partial charge < -0.3 is 25.0 Å². The number of anilines is 1. The highest BCUT2D eigenvalue weighted by Gasteiger charge is 2.20. The third kappa shape index (κ3) is 5.64. The molecule has 1 fully saturated rings. The third-order valence-corrected chi connectivity index (χ3v) is 4.49. The molecule has 0 radical (unpaired) electrons. The Balaban J connectivity index is 0.00000225. The van der Waals surface area contributed by atoms with Gasteiger partial charge in [0, 0.05) is 30.8 Å². The van der Waals surface area contributed by atoms with Gasteiger partial charge in [0.05, 0.1) is 19.8 Å². The molecule has 0 aromatic heterocycles. The number of hydrogen-bond donors (Lipinski definition) is 2. The predicted octanol–water partition coefficient (Wildman–Crippen LogP) is 2.94. The van der Waals surface area contributed by atoms with E-state index in [2.05, 4.69) is 29.5 Å². The van der Waals surface area contributed by atoms with E-state index in [-0.39, 0.29) is 24.0 Å². The Morgan fingerprint density at radius 2 is 2.04 bits per heavy atom. The van der Waals surface area contributed by atoms with Gasteiger partial charge in [0.1, 0.15) is 0 Å². The van der Waals surface area contributed by atoms with Crippen LogP contribution in [-0.4, -0.2) is 56.8 Å². The molecule has 25 heavy (non-hydrogen) atoms. The number of nitrogens with one attached hydrogen (secondary N) is 2. The van der Waals surface area contributed by atoms with Crippen molar-refractivity contribution in [2.75, 3.05) is 45.2 Å². The minimum atomic E-state index is 0. The van der Waals surface area contributed by atoms with Gasteiger partial charge in [-0.15, -0.1) is 24.0 Å². The van der Waals surface area contributed by atoms with Crippen LogP contribution in [0, 0.1) is 0 Å². The van der Waals surface area contributed by atoms with Crippen LogP contribution in [0.25, 0.3) is 0 Å². The van der Waals surface area contributed by atoms with Crippen LogP contribution >= 0.6 is 24.0 Å². The molecule has 1 aromatic carbocycles. The highest BCUT2D eigenvalue weighted by molar-refractivity contribution is 14.0. The quantitative estimate of drug-likeness (QED) is 0.411. The molecular formula is C18H29IN4O2. The molecule has 2 heterocycles. The van der Waals surface area contributed by atoms with Gasteiger partial charge in [0.25, 0.3) is 0 Å². The van der Waals surface area contributed by atoms with Crippen molar-refractivity contribution >= 4 is 35.6 Å². The zero-order valence-electron chi connectivity index (χ0n) is 15.1. The molecule has 0 bridgehead atoms. The minimum absolute atomic E-state index is 0. The molecule has 0 saturated carbocycles. The molecule has 0 amide bonds. The smallest absolute Gasteiger partial charge is 0.195 e. The van der Waals surface area contributed by atoms with Crippen molar-refractivity contribution in [3.63, 3.8) is 0 Å². The summed E-state index contributed by atoms with van der Waals surface area (Å²) in [4.78, 5) is 7.14. The summed E-state index contributed by atoms with van der Waals surface area (Å²) in [6.07, 6.45) is 3.41. The highest BCUT2D eigenvalue weighted by atomic mass is 127. The number of rotatable bonds is 4. The van der Waals surface area contributed by atoms with Crippen molar-refractivity contribution in [2.45, 2.75) is 32.2 Å². The number of nitrogens with zero attached hydrogens (tertiary/aromatic N) is 2. The van der Waals surface area contributed by atoms with Gasteiger partial charge in [0.15, 0.2) is 17.5 Å². The maximum absolute atomic E-state index is 5.75. The molecule has 3 rings (SSSR count). The van der Waals surface area contributed by atoms with Crippen molar-refractivity contribution in [2.24, 2.45) is 4.99 Å². The highest BCUT2D eigenvalue weighted by Crippen LogP contribution is 2.32. The summed E-state index contributed by atoms with van der Waals surface area (Å²) in [6.45, 7) is 6.30. The standard InChI is InChI=1S/C18H28N4O2.HI/c1-3-19-18(20-13-15-6-4-9-22(15)2)21-14-7-8-16-17(12-14)24-11-5-10-23-16;/h7-8,12,15H,3-6,9-11,13H2,1-2H3,(H2,19,20,21);1H. The van der Waals surface area contributed by atoms with Crippen molar-refractivity contribution in [3.05, 3.63) is 18.2 Å². The van der Waals surface area contributed by atoms with Gasteiger partial charge in [-0.1, -0.05) is 0 Å². The van der Waals surface area contributed by atoms with E-state index in [1.165, 1.54) is 19.4 Å². The molecule has 7 heteroatoms. The first-order chi connectivity index (χ1) is 11.8. The van der Waals surface area contributed by atoms with Crippen LogP contribution in [0.1, 0.15) is 26.2 Å². The predicted molar refractivity (Wildman–Crippen MR) is 113 cm³/mol. The molecule has 2 aliphatic rings. The second-order valence-electron chi connectivity index (χ2n) is 6.33. The zero-order valence-corrected chi connectivity index (χ0v) is 17.4. The first-order valence-corrected chi connectivity index (χ1v) is 8.91. The number of likely N-dealkylation sites (N-methyl/N-ethyl adjacent to an activating group) is 1. The summed E-state index contributed by atoms with van der Waals surface area (Å²) in [5.74, 6) is 2.42. The summed E-state index contributed by atoms with van der Waals surface area (Å²) in [6, 6.07) is 6.48. The summed E-state index contributed by atoms with van der Waals surface area (Å²) in [5.41, 5.74) is 0.957. The van der Waals surface area contributed by atoms with E-state index in [1.54, 1.807) is 0 Å². The topological polar surface area (TPSA) is 58.1 Å². The lowest BCUT2D eigenvalue weighted by Gasteiger charge is -2.18. The van der Waals surface area contributed by atoms with E-state index >= 15 is 0 Å². The normalized spacial score (nSPS) is 20.6. The lowest BCUT2D eigenvalue weighted by atomic mass is 10.2. The van der Waals surface area contributed by atoms with Crippen LogP contribution < -0.4 is 20.1 Å². The summed E-state index contributed by atoms with van der Waals surface area (Å²) in [7, 11) is 2.18. The number of guanidine groups is 1. The Morgan fingerprint density at radius 3 is 2.76 bits per heavy atom. The van der Waals surface area contributed by atoms with E-state index in [0.717, 1.165) is 42.7 Å². The van der Waals surface area contributed by atoms with Crippen molar-refractivity contribution in [1.82, 2.24) is 10.2 Å². The van der Waals surface area contributed by atoms with Gasteiger partial charge in [-0.05, 0) is 45.5 Å². The van der Waals surface area contributed by atoms with E-state index in [1.807, 2.05) is 18.2 Å². The van der Waals surface area contributed by atoms with Crippen LogP contribution in [0.3, 0.4) is 0 Å². The van der Waals surface area contributed by atoms with Crippen molar-refractivity contribution in [1.29, 1.82) is 0 Å². The number of likely N-dealkylation sites (tertiary alicyclic amines) is 1. The molecule has 6 nitrogen and oxygen atoms in total. The second-order valence-corrected chi connectivity index (χ2v) is 6.33.